The molecule has 0 bridgehead atoms. The van der Waals surface area contributed by atoms with Crippen LogP contribution in [0.2, 0.25) is 0 Å². The molecule has 1 saturated carbocycles. The summed E-state index contributed by atoms with van der Waals surface area (Å²) in [6.07, 6.45) is 3.73. The van der Waals surface area contributed by atoms with Crippen LogP contribution in [0.1, 0.15) is 39.5 Å². The second-order valence-corrected chi connectivity index (χ2v) is 4.62. The zero-order valence-electron chi connectivity index (χ0n) is 8.55. The molecule has 0 aromatic heterocycles. The molecule has 1 aliphatic rings. The first-order valence-corrected chi connectivity index (χ1v) is 5.04. The Balaban J connectivity index is 2.65. The van der Waals surface area contributed by atoms with E-state index in [4.69, 9.17) is 11.5 Å². The van der Waals surface area contributed by atoms with Crippen molar-refractivity contribution in [1.82, 2.24) is 0 Å². The van der Waals surface area contributed by atoms with Gasteiger partial charge in [0.2, 0.25) is 5.91 Å². The van der Waals surface area contributed by atoms with Gasteiger partial charge in [0.1, 0.15) is 0 Å². The highest BCUT2D eigenvalue weighted by atomic mass is 16.1. The molecule has 0 aromatic carbocycles. The minimum Gasteiger partial charge on any atom is -0.368 e. The first-order chi connectivity index (χ1) is 5.96. The molecule has 13 heavy (non-hydrogen) atoms. The van der Waals surface area contributed by atoms with Crippen molar-refractivity contribution in [2.45, 2.75) is 45.1 Å². The molecule has 1 amide bonds. The number of carbonyl (C=O) groups is 1. The Morgan fingerprint density at radius 2 is 2.15 bits per heavy atom. The van der Waals surface area contributed by atoms with Crippen LogP contribution in [0.15, 0.2) is 0 Å². The lowest BCUT2D eigenvalue weighted by atomic mass is 9.72. The lowest BCUT2D eigenvalue weighted by Gasteiger charge is -2.37. The zero-order chi connectivity index (χ0) is 10.1. The summed E-state index contributed by atoms with van der Waals surface area (Å²) in [6, 6.07) is 0. The fourth-order valence-corrected chi connectivity index (χ4v) is 2.14. The van der Waals surface area contributed by atoms with Crippen molar-refractivity contribution >= 4 is 5.91 Å². The maximum atomic E-state index is 11.1. The molecule has 0 aliphatic heterocycles. The van der Waals surface area contributed by atoms with E-state index in [1.165, 1.54) is 6.42 Å². The van der Waals surface area contributed by atoms with Crippen LogP contribution in [0.25, 0.3) is 0 Å². The molecule has 0 aromatic rings. The molecule has 1 aliphatic carbocycles. The van der Waals surface area contributed by atoms with Crippen LogP contribution >= 0.6 is 0 Å². The number of rotatable bonds is 2. The predicted octanol–water partition coefficient (Wildman–Crippen LogP) is 1.02. The molecule has 2 atom stereocenters. The molecule has 2 unspecified atom stereocenters. The minimum absolute atomic E-state index is 0.335. The molecule has 4 N–H and O–H groups in total. The largest absolute Gasteiger partial charge is 0.368 e. The molecular formula is C10H20N2O. The topological polar surface area (TPSA) is 69.1 Å². The zero-order valence-corrected chi connectivity index (χ0v) is 8.55. The van der Waals surface area contributed by atoms with Gasteiger partial charge in [0, 0.05) is 0 Å². The quantitative estimate of drug-likeness (QED) is 0.672. The van der Waals surface area contributed by atoms with Crippen LogP contribution in [0.5, 0.6) is 0 Å². The summed E-state index contributed by atoms with van der Waals surface area (Å²) in [4.78, 5) is 11.1. The lowest BCUT2D eigenvalue weighted by molar-refractivity contribution is -0.125. The fraction of sp³-hybridized carbons (Fsp3) is 0.900. The summed E-state index contributed by atoms with van der Waals surface area (Å²) < 4.78 is 0. The highest BCUT2D eigenvalue weighted by Gasteiger charge is 2.38. The summed E-state index contributed by atoms with van der Waals surface area (Å²) >= 11 is 0. The molecule has 0 heterocycles. The average Bonchev–Trinajstić information content (AvgIpc) is 2.04. The highest BCUT2D eigenvalue weighted by Crippen LogP contribution is 2.34. The van der Waals surface area contributed by atoms with E-state index in [-0.39, 0.29) is 5.91 Å². The smallest absolute Gasteiger partial charge is 0.237 e. The summed E-state index contributed by atoms with van der Waals surface area (Å²) in [6.45, 7) is 4.36. The predicted molar refractivity (Wildman–Crippen MR) is 52.9 cm³/mol. The summed E-state index contributed by atoms with van der Waals surface area (Å²) in [5.41, 5.74) is 10.5. The van der Waals surface area contributed by atoms with Gasteiger partial charge in [-0.15, -0.1) is 0 Å². The van der Waals surface area contributed by atoms with E-state index in [2.05, 4.69) is 13.8 Å². The van der Waals surface area contributed by atoms with E-state index in [1.54, 1.807) is 0 Å². The van der Waals surface area contributed by atoms with Gasteiger partial charge in [-0.1, -0.05) is 26.7 Å². The number of hydrogen-bond donors (Lipinski definition) is 2. The Kier molecular flexibility index (Phi) is 2.96. The molecule has 0 saturated heterocycles. The Bertz CT molecular complexity index is 203. The van der Waals surface area contributed by atoms with Gasteiger partial charge in [-0.2, -0.15) is 0 Å². The Hall–Kier alpha value is -0.570. The van der Waals surface area contributed by atoms with Crippen molar-refractivity contribution in [2.75, 3.05) is 0 Å². The second kappa shape index (κ2) is 3.66. The van der Waals surface area contributed by atoms with Gasteiger partial charge in [0.15, 0.2) is 0 Å². The molecule has 76 valence electrons. The van der Waals surface area contributed by atoms with Crippen LogP contribution in [-0.4, -0.2) is 11.4 Å². The number of hydrogen-bond acceptors (Lipinski definition) is 2. The van der Waals surface area contributed by atoms with Gasteiger partial charge in [0.05, 0.1) is 5.54 Å². The van der Waals surface area contributed by atoms with Crippen LogP contribution < -0.4 is 11.5 Å². The second-order valence-electron chi connectivity index (χ2n) is 4.62. The standard InChI is InChI=1S/C10H20N2O/c1-7(2)8-4-3-5-10(12,6-8)9(11)13/h7-8H,3-6,12H2,1-2H3,(H2,11,13). The molecule has 1 fully saturated rings. The third kappa shape index (κ3) is 2.21. The Morgan fingerprint density at radius 1 is 1.54 bits per heavy atom. The number of primary amides is 1. The minimum atomic E-state index is -0.729. The third-order valence-corrected chi connectivity index (χ3v) is 3.26. The van der Waals surface area contributed by atoms with E-state index in [0.29, 0.717) is 11.8 Å². The van der Waals surface area contributed by atoms with Gasteiger partial charge >= 0.3 is 0 Å². The number of amides is 1. The van der Waals surface area contributed by atoms with Crippen LogP contribution in [0.3, 0.4) is 0 Å². The lowest BCUT2D eigenvalue weighted by Crippen LogP contribution is -2.55. The summed E-state index contributed by atoms with van der Waals surface area (Å²) in [5.74, 6) is 0.826. The first kappa shape index (κ1) is 10.5. The van der Waals surface area contributed by atoms with E-state index in [0.717, 1.165) is 19.3 Å². The maximum absolute atomic E-state index is 11.1. The van der Waals surface area contributed by atoms with Gasteiger partial charge in [-0.3, -0.25) is 4.79 Å². The van der Waals surface area contributed by atoms with Crippen molar-refractivity contribution in [1.29, 1.82) is 0 Å². The molecule has 3 heteroatoms. The van der Waals surface area contributed by atoms with E-state index in [1.807, 2.05) is 0 Å². The van der Waals surface area contributed by atoms with Gasteiger partial charge < -0.3 is 11.5 Å². The monoisotopic (exact) mass is 184 g/mol. The van der Waals surface area contributed by atoms with E-state index < -0.39 is 5.54 Å². The Morgan fingerprint density at radius 3 is 2.62 bits per heavy atom. The van der Waals surface area contributed by atoms with Crippen molar-refractivity contribution in [2.24, 2.45) is 23.3 Å². The van der Waals surface area contributed by atoms with Crippen LogP contribution in [-0.2, 0) is 4.79 Å². The first-order valence-electron chi connectivity index (χ1n) is 5.04. The molecule has 0 radical (unpaired) electrons. The van der Waals surface area contributed by atoms with Crippen LogP contribution in [0, 0.1) is 11.8 Å². The molecular weight excluding hydrogens is 164 g/mol. The van der Waals surface area contributed by atoms with Crippen molar-refractivity contribution in [3.63, 3.8) is 0 Å². The summed E-state index contributed by atoms with van der Waals surface area (Å²) in [5, 5.41) is 0. The van der Waals surface area contributed by atoms with Crippen molar-refractivity contribution in [3.8, 4) is 0 Å². The summed E-state index contributed by atoms with van der Waals surface area (Å²) in [7, 11) is 0. The molecule has 3 nitrogen and oxygen atoms in total. The van der Waals surface area contributed by atoms with Gasteiger partial charge in [-0.05, 0) is 24.7 Å². The Labute approximate surface area is 79.9 Å². The fourth-order valence-electron chi connectivity index (χ4n) is 2.14. The molecule has 0 spiro atoms. The highest BCUT2D eigenvalue weighted by molar-refractivity contribution is 5.84. The third-order valence-electron chi connectivity index (χ3n) is 3.26. The molecule has 1 rings (SSSR count). The normalized spacial score (nSPS) is 34.9. The van der Waals surface area contributed by atoms with E-state index in [9.17, 15) is 4.79 Å². The van der Waals surface area contributed by atoms with Crippen LogP contribution in [0.4, 0.5) is 0 Å². The van der Waals surface area contributed by atoms with Gasteiger partial charge in [0.25, 0.3) is 0 Å². The van der Waals surface area contributed by atoms with Crippen molar-refractivity contribution in [3.05, 3.63) is 0 Å². The number of nitrogens with two attached hydrogens (primary N) is 2. The number of carbonyl (C=O) groups excluding carboxylic acids is 1. The van der Waals surface area contributed by atoms with Crippen molar-refractivity contribution < 1.29 is 4.79 Å². The average molecular weight is 184 g/mol. The SMILES string of the molecule is CC(C)C1CCCC(N)(C(N)=O)C1. The maximum Gasteiger partial charge on any atom is 0.237 e. The van der Waals surface area contributed by atoms with E-state index >= 15 is 0 Å². The van der Waals surface area contributed by atoms with Gasteiger partial charge in [-0.25, -0.2) is 0 Å².